The van der Waals surface area contributed by atoms with Gasteiger partial charge in [0.2, 0.25) is 0 Å². The second-order valence-corrected chi connectivity index (χ2v) is 4.17. The molecule has 3 atom stereocenters. The van der Waals surface area contributed by atoms with E-state index in [4.69, 9.17) is 14.9 Å². The van der Waals surface area contributed by atoms with E-state index in [1.54, 1.807) is 0 Å². The molecule has 0 aliphatic rings. The van der Waals surface area contributed by atoms with Gasteiger partial charge in [-0.15, -0.1) is 0 Å². The van der Waals surface area contributed by atoms with E-state index in [1.807, 2.05) is 6.92 Å². The van der Waals surface area contributed by atoms with Crippen LogP contribution in [0.2, 0.25) is 0 Å². The average Bonchev–Trinajstić information content (AvgIpc) is 2.32. The number of hydrogen-bond donors (Lipinski definition) is 3. The molecule has 3 unspecified atom stereocenters. The Hall–Kier alpha value is -0.650. The van der Waals surface area contributed by atoms with E-state index in [1.165, 1.54) is 0 Å². The van der Waals surface area contributed by atoms with Crippen molar-refractivity contribution in [1.82, 2.24) is 0 Å². The normalized spacial score (nSPS) is 16.5. The Morgan fingerprint density at radius 1 is 1.29 bits per heavy atom. The standard InChI is InChI=1S/C12H24O5/c1-3-5-6-7-9(4-2)17-11(12(15)16)10(14)8-13/h9-11,13-14H,3-8H2,1-2H3,(H,15,16). The molecule has 0 aromatic carbocycles. The van der Waals surface area contributed by atoms with Crippen molar-refractivity contribution in [1.29, 1.82) is 0 Å². The summed E-state index contributed by atoms with van der Waals surface area (Å²) < 4.78 is 5.35. The molecule has 0 radical (unpaired) electrons. The van der Waals surface area contributed by atoms with Crippen LogP contribution >= 0.6 is 0 Å². The van der Waals surface area contributed by atoms with Crippen LogP contribution in [0.4, 0.5) is 0 Å². The Morgan fingerprint density at radius 2 is 1.94 bits per heavy atom. The van der Waals surface area contributed by atoms with Crippen LogP contribution in [0.5, 0.6) is 0 Å². The van der Waals surface area contributed by atoms with E-state index >= 15 is 0 Å². The third-order valence-corrected chi connectivity index (χ3v) is 2.70. The lowest BCUT2D eigenvalue weighted by Crippen LogP contribution is -2.41. The summed E-state index contributed by atoms with van der Waals surface area (Å²) in [4.78, 5) is 10.9. The topological polar surface area (TPSA) is 87.0 Å². The minimum atomic E-state index is -1.37. The molecule has 0 aromatic heterocycles. The highest BCUT2D eigenvalue weighted by molar-refractivity contribution is 5.73. The first-order valence-electron chi connectivity index (χ1n) is 6.23. The van der Waals surface area contributed by atoms with Crippen molar-refractivity contribution in [2.45, 2.75) is 64.3 Å². The minimum absolute atomic E-state index is 0.177. The van der Waals surface area contributed by atoms with E-state index in [2.05, 4.69) is 6.92 Å². The summed E-state index contributed by atoms with van der Waals surface area (Å²) in [5.41, 5.74) is 0. The summed E-state index contributed by atoms with van der Waals surface area (Å²) in [7, 11) is 0. The lowest BCUT2D eigenvalue weighted by molar-refractivity contribution is -0.167. The molecule has 0 spiro atoms. The van der Waals surface area contributed by atoms with Crippen LogP contribution in [0.25, 0.3) is 0 Å². The molecule has 0 saturated carbocycles. The van der Waals surface area contributed by atoms with E-state index in [0.29, 0.717) is 6.42 Å². The highest BCUT2D eigenvalue weighted by atomic mass is 16.5. The highest BCUT2D eigenvalue weighted by Gasteiger charge is 2.29. The highest BCUT2D eigenvalue weighted by Crippen LogP contribution is 2.14. The van der Waals surface area contributed by atoms with Crippen LogP contribution in [0.1, 0.15) is 46.0 Å². The number of carboxylic acids is 1. The Morgan fingerprint density at radius 3 is 2.35 bits per heavy atom. The molecular weight excluding hydrogens is 224 g/mol. The van der Waals surface area contributed by atoms with Crippen LogP contribution in [0, 0.1) is 0 Å². The van der Waals surface area contributed by atoms with Gasteiger partial charge in [0.15, 0.2) is 6.10 Å². The van der Waals surface area contributed by atoms with Crippen LogP contribution in [0.15, 0.2) is 0 Å². The van der Waals surface area contributed by atoms with Gasteiger partial charge in [-0.05, 0) is 12.8 Å². The number of carbonyl (C=O) groups is 1. The minimum Gasteiger partial charge on any atom is -0.479 e. The maximum Gasteiger partial charge on any atom is 0.335 e. The molecule has 17 heavy (non-hydrogen) atoms. The molecule has 0 amide bonds. The second-order valence-electron chi connectivity index (χ2n) is 4.17. The summed E-state index contributed by atoms with van der Waals surface area (Å²) in [6.07, 6.45) is 1.76. The number of rotatable bonds is 10. The molecule has 0 aliphatic carbocycles. The third kappa shape index (κ3) is 6.61. The second kappa shape index (κ2) is 9.39. The van der Waals surface area contributed by atoms with Crippen molar-refractivity contribution in [3.8, 4) is 0 Å². The van der Waals surface area contributed by atoms with E-state index < -0.39 is 24.8 Å². The van der Waals surface area contributed by atoms with Crippen LogP contribution in [0.3, 0.4) is 0 Å². The van der Waals surface area contributed by atoms with Gasteiger partial charge in [-0.1, -0.05) is 33.1 Å². The van der Waals surface area contributed by atoms with E-state index in [-0.39, 0.29) is 6.10 Å². The molecular formula is C12H24O5. The molecule has 0 aliphatic heterocycles. The quantitative estimate of drug-likeness (QED) is 0.505. The first kappa shape index (κ1) is 16.4. The van der Waals surface area contributed by atoms with Crippen molar-refractivity contribution < 1.29 is 24.9 Å². The molecule has 0 fully saturated rings. The lowest BCUT2D eigenvalue weighted by atomic mass is 10.1. The number of unbranched alkanes of at least 4 members (excludes halogenated alkanes) is 2. The predicted molar refractivity (Wildman–Crippen MR) is 63.8 cm³/mol. The van der Waals surface area contributed by atoms with E-state index in [9.17, 15) is 9.90 Å². The van der Waals surface area contributed by atoms with Crippen LogP contribution < -0.4 is 0 Å². The maximum atomic E-state index is 10.9. The first-order chi connectivity index (χ1) is 8.06. The van der Waals surface area contributed by atoms with Gasteiger partial charge in [0, 0.05) is 0 Å². The number of aliphatic hydroxyl groups excluding tert-OH is 2. The molecule has 5 nitrogen and oxygen atoms in total. The Balaban J connectivity index is 4.23. The number of aliphatic carboxylic acids is 1. The van der Waals surface area contributed by atoms with Gasteiger partial charge in [0.1, 0.15) is 6.10 Å². The number of ether oxygens (including phenoxy) is 1. The van der Waals surface area contributed by atoms with Gasteiger partial charge in [-0.3, -0.25) is 0 Å². The number of aliphatic hydroxyl groups is 2. The van der Waals surface area contributed by atoms with Crippen LogP contribution in [-0.4, -0.2) is 46.2 Å². The zero-order chi connectivity index (χ0) is 13.3. The Bertz CT molecular complexity index is 207. The molecule has 5 heteroatoms. The van der Waals surface area contributed by atoms with Crippen LogP contribution in [-0.2, 0) is 9.53 Å². The van der Waals surface area contributed by atoms with Gasteiger partial charge in [-0.25, -0.2) is 4.79 Å². The molecule has 3 N–H and O–H groups in total. The molecule has 0 rings (SSSR count). The zero-order valence-electron chi connectivity index (χ0n) is 10.6. The smallest absolute Gasteiger partial charge is 0.335 e. The first-order valence-corrected chi connectivity index (χ1v) is 6.23. The summed E-state index contributed by atoms with van der Waals surface area (Å²) >= 11 is 0. The Kier molecular flexibility index (Phi) is 9.03. The third-order valence-electron chi connectivity index (χ3n) is 2.70. The summed E-state index contributed by atoms with van der Waals surface area (Å²) in [6.45, 7) is 3.40. The van der Waals surface area contributed by atoms with Gasteiger partial charge in [0.25, 0.3) is 0 Å². The Labute approximate surface area is 102 Å². The van der Waals surface area contributed by atoms with Gasteiger partial charge in [0.05, 0.1) is 12.7 Å². The zero-order valence-corrected chi connectivity index (χ0v) is 10.6. The fourth-order valence-electron chi connectivity index (χ4n) is 1.61. The van der Waals surface area contributed by atoms with Gasteiger partial charge >= 0.3 is 5.97 Å². The number of carboxylic acid groups (broad SMARTS) is 1. The molecule has 0 aromatic rings. The molecule has 102 valence electrons. The SMILES string of the molecule is CCCCCC(CC)OC(C(=O)O)C(O)CO. The molecule has 0 saturated heterocycles. The number of hydrogen-bond acceptors (Lipinski definition) is 4. The van der Waals surface area contributed by atoms with Crippen molar-refractivity contribution in [2.24, 2.45) is 0 Å². The maximum absolute atomic E-state index is 10.9. The largest absolute Gasteiger partial charge is 0.479 e. The molecule has 0 bridgehead atoms. The van der Waals surface area contributed by atoms with Crippen molar-refractivity contribution in [3.05, 3.63) is 0 Å². The van der Waals surface area contributed by atoms with Crippen molar-refractivity contribution in [2.75, 3.05) is 6.61 Å². The predicted octanol–water partition coefficient (Wildman–Crippen LogP) is 1.17. The van der Waals surface area contributed by atoms with Gasteiger partial charge in [-0.2, -0.15) is 0 Å². The fraction of sp³-hybridized carbons (Fsp3) is 0.917. The van der Waals surface area contributed by atoms with Crippen molar-refractivity contribution in [3.63, 3.8) is 0 Å². The van der Waals surface area contributed by atoms with Crippen molar-refractivity contribution >= 4 is 5.97 Å². The average molecular weight is 248 g/mol. The lowest BCUT2D eigenvalue weighted by Gasteiger charge is -2.24. The fourth-order valence-corrected chi connectivity index (χ4v) is 1.61. The summed E-state index contributed by atoms with van der Waals surface area (Å²) in [6, 6.07) is 0. The van der Waals surface area contributed by atoms with E-state index in [0.717, 1.165) is 25.7 Å². The summed E-state index contributed by atoms with van der Waals surface area (Å²) in [5, 5.41) is 27.0. The molecule has 0 heterocycles. The summed E-state index contributed by atoms with van der Waals surface area (Å²) in [5.74, 6) is -1.24. The van der Waals surface area contributed by atoms with Gasteiger partial charge < -0.3 is 20.1 Å². The monoisotopic (exact) mass is 248 g/mol.